The second kappa shape index (κ2) is 7.97. The lowest BCUT2D eigenvalue weighted by Crippen LogP contribution is -2.41. The number of benzene rings is 2. The highest BCUT2D eigenvalue weighted by Gasteiger charge is 2.33. The summed E-state index contributed by atoms with van der Waals surface area (Å²) in [5.74, 6) is -0.932. The molecule has 0 spiro atoms. The molecule has 1 aliphatic heterocycles. The highest BCUT2D eigenvalue weighted by atomic mass is 32.2. The van der Waals surface area contributed by atoms with Crippen LogP contribution < -0.4 is 10.6 Å². The summed E-state index contributed by atoms with van der Waals surface area (Å²) in [5, 5.41) is 5.15. The predicted octanol–water partition coefficient (Wildman–Crippen LogP) is 1.73. The predicted molar refractivity (Wildman–Crippen MR) is 101 cm³/mol. The fourth-order valence-electron chi connectivity index (χ4n) is 3.08. The van der Waals surface area contributed by atoms with Crippen molar-refractivity contribution in [3.8, 4) is 0 Å². The van der Waals surface area contributed by atoms with E-state index in [1.807, 2.05) is 12.1 Å². The Morgan fingerprint density at radius 1 is 1.11 bits per heavy atom. The monoisotopic (exact) mass is 405 g/mol. The number of carbonyl (C=O) groups is 2. The number of nitrogens with zero attached hydrogens (tertiary/aromatic N) is 1. The van der Waals surface area contributed by atoms with E-state index in [0.717, 1.165) is 17.7 Å². The molecule has 7 nitrogen and oxygen atoms in total. The second-order valence-corrected chi connectivity index (χ2v) is 8.54. The van der Waals surface area contributed by atoms with Crippen molar-refractivity contribution in [3.05, 3.63) is 65.5 Å². The largest absolute Gasteiger partial charge is 0.337 e. The summed E-state index contributed by atoms with van der Waals surface area (Å²) in [6.07, 6.45) is 0. The molecule has 2 N–H and O–H groups in total. The summed E-state index contributed by atoms with van der Waals surface area (Å²) >= 11 is 0. The maximum Gasteiger partial charge on any atom is 0.314 e. The second-order valence-electron chi connectivity index (χ2n) is 6.43. The lowest BCUT2D eigenvalue weighted by molar-refractivity contribution is 0.0774. The first kappa shape index (κ1) is 19.8. The van der Waals surface area contributed by atoms with Crippen LogP contribution in [-0.4, -0.2) is 51.1 Å². The molecule has 148 valence electrons. The molecule has 1 heterocycles. The van der Waals surface area contributed by atoms with E-state index < -0.39 is 21.7 Å². The molecule has 1 unspecified atom stereocenters. The van der Waals surface area contributed by atoms with Crippen molar-refractivity contribution in [2.75, 3.05) is 25.9 Å². The lowest BCUT2D eigenvalue weighted by atomic mass is 10.1. The molecule has 3 rings (SSSR count). The molecule has 1 atom stereocenters. The zero-order valence-electron chi connectivity index (χ0n) is 15.2. The van der Waals surface area contributed by atoms with Crippen molar-refractivity contribution in [1.29, 1.82) is 0 Å². The molecule has 28 heavy (non-hydrogen) atoms. The molecule has 0 bridgehead atoms. The summed E-state index contributed by atoms with van der Waals surface area (Å²) in [5.41, 5.74) is 1.46. The van der Waals surface area contributed by atoms with Crippen molar-refractivity contribution < 1.29 is 22.4 Å². The molecule has 0 fully saturated rings. The summed E-state index contributed by atoms with van der Waals surface area (Å²) in [4.78, 5) is 25.8. The quantitative estimate of drug-likeness (QED) is 0.716. The fraction of sp³-hybridized carbons (Fsp3) is 0.263. The normalized spacial score (nSPS) is 16.0. The molecule has 0 saturated carbocycles. The molecule has 1 aliphatic rings. The van der Waals surface area contributed by atoms with Gasteiger partial charge in [-0.1, -0.05) is 18.2 Å². The number of hydrogen-bond acceptors (Lipinski definition) is 4. The van der Waals surface area contributed by atoms with E-state index in [4.69, 9.17) is 0 Å². The van der Waals surface area contributed by atoms with E-state index in [0.29, 0.717) is 5.56 Å². The molecule has 0 saturated heterocycles. The van der Waals surface area contributed by atoms with Gasteiger partial charge in [0.05, 0.1) is 16.7 Å². The molecule has 2 aromatic rings. The number of carbonyl (C=O) groups excluding carboxylic acids is 2. The molecule has 2 aromatic carbocycles. The maximum atomic E-state index is 12.9. The number of hydrogen-bond donors (Lipinski definition) is 2. The Balaban J connectivity index is 1.50. The van der Waals surface area contributed by atoms with Gasteiger partial charge >= 0.3 is 6.03 Å². The van der Waals surface area contributed by atoms with Crippen molar-refractivity contribution in [1.82, 2.24) is 15.5 Å². The number of fused-ring (bicyclic) bond motifs is 1. The van der Waals surface area contributed by atoms with Crippen LogP contribution in [0.5, 0.6) is 0 Å². The van der Waals surface area contributed by atoms with Crippen molar-refractivity contribution in [3.63, 3.8) is 0 Å². The third-order valence-corrected chi connectivity index (χ3v) is 6.36. The van der Waals surface area contributed by atoms with E-state index in [9.17, 15) is 22.4 Å². The molecule has 0 radical (unpaired) electrons. The van der Waals surface area contributed by atoms with Gasteiger partial charge < -0.3 is 15.5 Å². The van der Waals surface area contributed by atoms with E-state index in [-0.39, 0.29) is 35.7 Å². The molecular formula is C19H20FN3O4S. The summed E-state index contributed by atoms with van der Waals surface area (Å²) in [7, 11) is -1.95. The van der Waals surface area contributed by atoms with Gasteiger partial charge in [-0.3, -0.25) is 4.79 Å². The number of urea groups is 1. The smallest absolute Gasteiger partial charge is 0.314 e. The molecule has 0 aromatic heterocycles. The van der Waals surface area contributed by atoms with Crippen LogP contribution in [0.2, 0.25) is 0 Å². The minimum absolute atomic E-state index is 0.00110. The SMILES string of the molecule is CN1C(=O)c2ccccc2C1CNC(=O)NCCS(=O)(=O)c1ccc(F)cc1. The minimum Gasteiger partial charge on any atom is -0.337 e. The highest BCUT2D eigenvalue weighted by molar-refractivity contribution is 7.91. The van der Waals surface area contributed by atoms with Crippen LogP contribution in [0.15, 0.2) is 53.4 Å². The number of rotatable bonds is 6. The van der Waals surface area contributed by atoms with Gasteiger partial charge in [-0.15, -0.1) is 0 Å². The number of amides is 3. The van der Waals surface area contributed by atoms with Crippen LogP contribution >= 0.6 is 0 Å². The van der Waals surface area contributed by atoms with Crippen LogP contribution in [0, 0.1) is 5.82 Å². The standard InChI is InChI=1S/C19H20FN3O4S/c1-23-17(15-4-2-3-5-16(15)18(23)24)12-22-19(25)21-10-11-28(26,27)14-8-6-13(20)7-9-14/h2-9,17H,10-12H2,1H3,(H2,21,22,25). The average molecular weight is 405 g/mol. The third-order valence-electron chi connectivity index (χ3n) is 4.62. The average Bonchev–Trinajstić information content (AvgIpc) is 2.91. The van der Waals surface area contributed by atoms with E-state index in [1.165, 1.54) is 12.1 Å². The Hall–Kier alpha value is -2.94. The zero-order valence-corrected chi connectivity index (χ0v) is 16.0. The first-order valence-corrected chi connectivity index (χ1v) is 10.3. The van der Waals surface area contributed by atoms with Gasteiger partial charge in [-0.05, 0) is 35.9 Å². The number of nitrogens with one attached hydrogen (secondary N) is 2. The Morgan fingerprint density at radius 3 is 2.50 bits per heavy atom. The number of halogens is 1. The fourth-order valence-corrected chi connectivity index (χ4v) is 4.24. The summed E-state index contributed by atoms with van der Waals surface area (Å²) in [6.45, 7) is 0.108. The Bertz CT molecular complexity index is 992. The molecule has 9 heteroatoms. The molecular weight excluding hydrogens is 385 g/mol. The van der Waals surface area contributed by atoms with E-state index >= 15 is 0 Å². The van der Waals surface area contributed by atoms with Crippen LogP contribution in [0.25, 0.3) is 0 Å². The number of likely N-dealkylation sites (N-methyl/N-ethyl adjacent to an activating group) is 1. The van der Waals surface area contributed by atoms with Crippen molar-refractivity contribution in [2.24, 2.45) is 0 Å². The first-order valence-electron chi connectivity index (χ1n) is 8.66. The topological polar surface area (TPSA) is 95.6 Å². The van der Waals surface area contributed by atoms with Gasteiger partial charge in [0.25, 0.3) is 5.91 Å². The molecule has 0 aliphatic carbocycles. The summed E-state index contributed by atoms with van der Waals surface area (Å²) in [6, 6.07) is 10.9. The van der Waals surface area contributed by atoms with E-state index in [2.05, 4.69) is 10.6 Å². The Kier molecular flexibility index (Phi) is 5.64. The Morgan fingerprint density at radius 2 is 1.79 bits per heavy atom. The van der Waals surface area contributed by atoms with Crippen LogP contribution in [0.1, 0.15) is 22.0 Å². The lowest BCUT2D eigenvalue weighted by Gasteiger charge is -2.21. The number of sulfone groups is 1. The maximum absolute atomic E-state index is 12.9. The first-order chi connectivity index (χ1) is 13.3. The van der Waals surface area contributed by atoms with Gasteiger partial charge in [0.1, 0.15) is 5.82 Å². The Labute approximate surface area is 162 Å². The van der Waals surface area contributed by atoms with Gasteiger partial charge in [-0.25, -0.2) is 17.6 Å². The van der Waals surface area contributed by atoms with Crippen LogP contribution in [0.4, 0.5) is 9.18 Å². The van der Waals surface area contributed by atoms with Gasteiger partial charge in [0.2, 0.25) is 0 Å². The third kappa shape index (κ3) is 4.14. The van der Waals surface area contributed by atoms with Gasteiger partial charge in [-0.2, -0.15) is 0 Å². The minimum atomic E-state index is -3.62. The highest BCUT2D eigenvalue weighted by Crippen LogP contribution is 2.31. The van der Waals surface area contributed by atoms with Crippen LogP contribution in [-0.2, 0) is 9.84 Å². The van der Waals surface area contributed by atoms with Crippen LogP contribution in [0.3, 0.4) is 0 Å². The van der Waals surface area contributed by atoms with Gasteiger partial charge in [0, 0.05) is 25.7 Å². The van der Waals surface area contributed by atoms with E-state index in [1.54, 1.807) is 24.1 Å². The molecule has 3 amide bonds. The zero-order chi connectivity index (χ0) is 20.3. The van der Waals surface area contributed by atoms with Crippen molar-refractivity contribution in [2.45, 2.75) is 10.9 Å². The van der Waals surface area contributed by atoms with Crippen molar-refractivity contribution >= 4 is 21.8 Å². The summed E-state index contributed by atoms with van der Waals surface area (Å²) < 4.78 is 37.2. The van der Waals surface area contributed by atoms with Gasteiger partial charge in [0.15, 0.2) is 9.84 Å².